The molecule has 7 nitrogen and oxygen atoms in total. The molecule has 2 amide bonds. The maximum Gasteiger partial charge on any atom is 0.244 e. The molecule has 10 heteroatoms. The van der Waals surface area contributed by atoms with Gasteiger partial charge in [0.1, 0.15) is 12.6 Å². The normalized spacial score (nSPS) is 13.1. The van der Waals surface area contributed by atoms with Crippen LogP contribution in [0.15, 0.2) is 48.5 Å². The van der Waals surface area contributed by atoms with Crippen LogP contribution in [0.4, 0.5) is 5.69 Å². The Morgan fingerprint density at radius 1 is 1.03 bits per heavy atom. The number of amides is 2. The van der Waals surface area contributed by atoms with Crippen molar-refractivity contribution in [2.24, 2.45) is 0 Å². The molecular formula is C25H33Cl2N3O4S. The summed E-state index contributed by atoms with van der Waals surface area (Å²) < 4.78 is 26.3. The van der Waals surface area contributed by atoms with Gasteiger partial charge in [-0.25, -0.2) is 8.42 Å². The first-order valence-corrected chi connectivity index (χ1v) is 14.1. The lowest BCUT2D eigenvalue weighted by atomic mass is 10.1. The fraction of sp³-hybridized carbons (Fsp3) is 0.440. The van der Waals surface area contributed by atoms with Crippen molar-refractivity contribution < 1.29 is 18.0 Å². The first-order chi connectivity index (χ1) is 16.5. The van der Waals surface area contributed by atoms with Gasteiger partial charge in [-0.3, -0.25) is 13.9 Å². The molecule has 0 aliphatic rings. The Morgan fingerprint density at radius 3 is 2.26 bits per heavy atom. The minimum Gasteiger partial charge on any atom is -0.352 e. The van der Waals surface area contributed by atoms with Crippen molar-refractivity contribution in [1.29, 1.82) is 0 Å². The molecule has 0 unspecified atom stereocenters. The van der Waals surface area contributed by atoms with Crippen LogP contribution in [0.2, 0.25) is 10.0 Å². The first kappa shape index (κ1) is 28.9. The van der Waals surface area contributed by atoms with Crippen molar-refractivity contribution in [2.45, 2.75) is 52.1 Å². The predicted octanol–water partition coefficient (Wildman–Crippen LogP) is 4.52. The average molecular weight is 543 g/mol. The molecule has 35 heavy (non-hydrogen) atoms. The van der Waals surface area contributed by atoms with Crippen LogP contribution >= 0.6 is 23.2 Å². The zero-order valence-corrected chi connectivity index (χ0v) is 22.8. The molecule has 2 rings (SSSR count). The van der Waals surface area contributed by atoms with Gasteiger partial charge in [-0.1, -0.05) is 67.4 Å². The van der Waals surface area contributed by atoms with Crippen LogP contribution in [0, 0.1) is 0 Å². The van der Waals surface area contributed by atoms with Crippen molar-refractivity contribution in [2.75, 3.05) is 23.7 Å². The lowest BCUT2D eigenvalue weighted by molar-refractivity contribution is -0.139. The van der Waals surface area contributed by atoms with E-state index in [4.69, 9.17) is 23.2 Å². The first-order valence-electron chi connectivity index (χ1n) is 11.5. The number of halogens is 2. The molecule has 0 saturated carbocycles. The Balaban J connectivity index is 2.40. The van der Waals surface area contributed by atoms with E-state index >= 15 is 0 Å². The Labute approximate surface area is 218 Å². The van der Waals surface area contributed by atoms with Crippen molar-refractivity contribution in [3.63, 3.8) is 0 Å². The topological polar surface area (TPSA) is 86.8 Å². The summed E-state index contributed by atoms with van der Waals surface area (Å²) in [5.74, 6) is -0.775. The Kier molecular flexibility index (Phi) is 10.9. The zero-order chi connectivity index (χ0) is 26.2. The molecule has 2 aromatic rings. The van der Waals surface area contributed by atoms with Gasteiger partial charge < -0.3 is 10.2 Å². The molecule has 1 N–H and O–H groups in total. The summed E-state index contributed by atoms with van der Waals surface area (Å²) in [5.41, 5.74) is 1.11. The Hall–Kier alpha value is -2.29. The number of nitrogens with one attached hydrogen (secondary N) is 1. The van der Waals surface area contributed by atoms with E-state index in [1.165, 1.54) is 23.1 Å². The third kappa shape index (κ3) is 8.40. The highest BCUT2D eigenvalue weighted by atomic mass is 35.5. The average Bonchev–Trinajstić information content (AvgIpc) is 2.81. The lowest BCUT2D eigenvalue weighted by Gasteiger charge is -2.33. The second-order valence-electron chi connectivity index (χ2n) is 8.43. The van der Waals surface area contributed by atoms with Crippen LogP contribution in [0.3, 0.4) is 0 Å². The second kappa shape index (κ2) is 13.1. The van der Waals surface area contributed by atoms with Gasteiger partial charge in [-0.05, 0) is 49.9 Å². The summed E-state index contributed by atoms with van der Waals surface area (Å²) in [5, 5.41) is 3.37. The molecule has 0 spiro atoms. The van der Waals surface area contributed by atoms with Gasteiger partial charge in [-0.15, -0.1) is 0 Å². The summed E-state index contributed by atoms with van der Waals surface area (Å²) in [6.45, 7) is 5.42. The van der Waals surface area contributed by atoms with Crippen LogP contribution in [0.1, 0.15) is 39.2 Å². The molecule has 0 bridgehead atoms. The molecule has 192 valence electrons. The number of nitrogens with zero attached hydrogens (tertiary/aromatic N) is 2. The number of hydrogen-bond donors (Lipinski definition) is 1. The maximum atomic E-state index is 13.6. The third-order valence-corrected chi connectivity index (χ3v) is 7.41. The third-order valence-electron chi connectivity index (χ3n) is 5.73. The summed E-state index contributed by atoms with van der Waals surface area (Å²) in [4.78, 5) is 28.2. The molecule has 2 aromatic carbocycles. The number of carbonyl (C=O) groups is 2. The molecule has 0 aromatic heterocycles. The summed E-state index contributed by atoms with van der Waals surface area (Å²) in [7, 11) is -3.89. The van der Waals surface area contributed by atoms with Crippen molar-refractivity contribution in [3.8, 4) is 0 Å². The minimum absolute atomic E-state index is 0.0552. The van der Waals surface area contributed by atoms with Crippen molar-refractivity contribution in [3.05, 3.63) is 64.1 Å². The standard InChI is InChI=1S/C25H33Cl2N3O4S/c1-5-18(3)28-25(32)22(6-2)29(15-14-19-10-8-7-9-11-19)24(31)17-30(35(4,33)34)23-16-20(26)12-13-21(23)27/h7-13,16,18,22H,5-6,14-15,17H2,1-4H3,(H,28,32)/t18-,22-/m1/s1. The number of rotatable bonds is 12. The second-order valence-corrected chi connectivity index (χ2v) is 11.2. The van der Waals surface area contributed by atoms with E-state index in [1.54, 1.807) is 0 Å². The van der Waals surface area contributed by atoms with Crippen LogP contribution in [-0.2, 0) is 26.0 Å². The largest absolute Gasteiger partial charge is 0.352 e. The van der Waals surface area contributed by atoms with E-state index < -0.39 is 28.5 Å². The van der Waals surface area contributed by atoms with E-state index in [0.717, 1.165) is 22.5 Å². The van der Waals surface area contributed by atoms with E-state index in [2.05, 4.69) is 5.32 Å². The SMILES string of the molecule is CC[C@@H](C)NC(=O)[C@@H](CC)N(CCc1ccccc1)C(=O)CN(c1cc(Cl)ccc1Cl)S(C)(=O)=O. The van der Waals surface area contributed by atoms with Gasteiger partial charge in [0, 0.05) is 17.6 Å². The number of sulfonamides is 1. The summed E-state index contributed by atoms with van der Waals surface area (Å²) >= 11 is 12.3. The predicted molar refractivity (Wildman–Crippen MR) is 142 cm³/mol. The fourth-order valence-corrected chi connectivity index (χ4v) is 4.90. The maximum absolute atomic E-state index is 13.6. The fourth-order valence-electron chi connectivity index (χ4n) is 3.61. The van der Waals surface area contributed by atoms with Gasteiger partial charge in [0.2, 0.25) is 21.8 Å². The highest BCUT2D eigenvalue weighted by Gasteiger charge is 2.32. The quantitative estimate of drug-likeness (QED) is 0.427. The lowest BCUT2D eigenvalue weighted by Crippen LogP contribution is -2.54. The number of anilines is 1. The van der Waals surface area contributed by atoms with Crippen LogP contribution < -0.4 is 9.62 Å². The molecule has 2 atom stereocenters. The van der Waals surface area contributed by atoms with Gasteiger partial charge >= 0.3 is 0 Å². The molecular weight excluding hydrogens is 509 g/mol. The zero-order valence-electron chi connectivity index (χ0n) is 20.5. The number of hydrogen-bond acceptors (Lipinski definition) is 4. The molecule has 0 fully saturated rings. The van der Waals surface area contributed by atoms with Crippen LogP contribution in [0.25, 0.3) is 0 Å². The molecule has 0 aliphatic heterocycles. The van der Waals surface area contributed by atoms with E-state index in [1.807, 2.05) is 51.1 Å². The van der Waals surface area contributed by atoms with E-state index in [0.29, 0.717) is 12.8 Å². The Bertz CT molecular complexity index is 1110. The van der Waals surface area contributed by atoms with Gasteiger partial charge in [0.15, 0.2) is 0 Å². The highest BCUT2D eigenvalue weighted by Crippen LogP contribution is 2.30. The monoisotopic (exact) mass is 541 g/mol. The smallest absolute Gasteiger partial charge is 0.244 e. The van der Waals surface area contributed by atoms with Crippen molar-refractivity contribution >= 4 is 50.7 Å². The van der Waals surface area contributed by atoms with Crippen LogP contribution in [-0.4, -0.2) is 56.6 Å². The van der Waals surface area contributed by atoms with E-state index in [-0.39, 0.29) is 34.2 Å². The van der Waals surface area contributed by atoms with Gasteiger partial charge in [-0.2, -0.15) is 0 Å². The number of benzene rings is 2. The highest BCUT2D eigenvalue weighted by molar-refractivity contribution is 7.92. The van der Waals surface area contributed by atoms with E-state index in [9.17, 15) is 18.0 Å². The minimum atomic E-state index is -3.89. The van der Waals surface area contributed by atoms with Crippen LogP contribution in [0.5, 0.6) is 0 Å². The van der Waals surface area contributed by atoms with Gasteiger partial charge in [0.25, 0.3) is 0 Å². The molecule has 0 radical (unpaired) electrons. The molecule has 0 saturated heterocycles. The van der Waals surface area contributed by atoms with Gasteiger partial charge in [0.05, 0.1) is 17.0 Å². The number of carbonyl (C=O) groups excluding carboxylic acids is 2. The summed E-state index contributed by atoms with van der Waals surface area (Å²) in [6, 6.07) is 13.2. The summed E-state index contributed by atoms with van der Waals surface area (Å²) in [6.07, 6.45) is 2.63. The molecule has 0 heterocycles. The Morgan fingerprint density at radius 2 is 1.69 bits per heavy atom. The molecule has 0 aliphatic carbocycles. The van der Waals surface area contributed by atoms with Crippen molar-refractivity contribution in [1.82, 2.24) is 10.2 Å².